The molecule has 0 radical (unpaired) electrons. The second-order valence-corrected chi connectivity index (χ2v) is 4.25. The first-order chi connectivity index (χ1) is 9.56. The summed E-state index contributed by atoms with van der Waals surface area (Å²) < 4.78 is 5.56. The van der Waals surface area contributed by atoms with Crippen LogP contribution >= 0.6 is 0 Å². The van der Waals surface area contributed by atoms with Gasteiger partial charge in [-0.25, -0.2) is 0 Å². The molecule has 0 aromatic heterocycles. The number of nitrogens with two attached hydrogens (primary N) is 2. The molecule has 0 atom stereocenters. The standard InChI is InChI=1S/C15H14N2O3/c16-14(18)11-6-12(15(17)19)8-13(7-11)20-9-10-4-2-1-3-5-10/h1-8H,9H2,(H2,16,18)(H2,17,19). The van der Waals surface area contributed by atoms with Gasteiger partial charge in [0.1, 0.15) is 12.4 Å². The van der Waals surface area contributed by atoms with E-state index in [1.165, 1.54) is 18.2 Å². The summed E-state index contributed by atoms with van der Waals surface area (Å²) in [6.45, 7) is 0.321. The largest absolute Gasteiger partial charge is 0.489 e. The molecule has 2 aromatic rings. The van der Waals surface area contributed by atoms with Gasteiger partial charge in [0.15, 0.2) is 0 Å². The van der Waals surface area contributed by atoms with E-state index in [1.54, 1.807) is 0 Å². The van der Waals surface area contributed by atoms with Crippen LogP contribution in [0.5, 0.6) is 5.75 Å². The lowest BCUT2D eigenvalue weighted by molar-refractivity contribution is 0.0999. The van der Waals surface area contributed by atoms with Gasteiger partial charge < -0.3 is 16.2 Å². The molecule has 2 rings (SSSR count). The topological polar surface area (TPSA) is 95.4 Å². The minimum atomic E-state index is -0.641. The Morgan fingerprint density at radius 1 is 0.900 bits per heavy atom. The molecule has 0 aliphatic carbocycles. The number of rotatable bonds is 5. The minimum Gasteiger partial charge on any atom is -0.489 e. The molecule has 0 unspecified atom stereocenters. The Kier molecular flexibility index (Phi) is 4.00. The lowest BCUT2D eigenvalue weighted by Crippen LogP contribution is -2.15. The summed E-state index contributed by atoms with van der Waals surface area (Å²) in [4.78, 5) is 22.4. The molecule has 5 heteroatoms. The zero-order chi connectivity index (χ0) is 14.5. The van der Waals surface area contributed by atoms with Crippen molar-refractivity contribution in [3.63, 3.8) is 0 Å². The first-order valence-corrected chi connectivity index (χ1v) is 5.97. The number of primary amides is 2. The van der Waals surface area contributed by atoms with Gasteiger partial charge in [-0.2, -0.15) is 0 Å². The van der Waals surface area contributed by atoms with Gasteiger partial charge in [0.2, 0.25) is 11.8 Å². The fourth-order valence-electron chi connectivity index (χ4n) is 1.71. The van der Waals surface area contributed by atoms with Crippen molar-refractivity contribution < 1.29 is 14.3 Å². The summed E-state index contributed by atoms with van der Waals surface area (Å²) in [5.74, 6) is -0.908. The molecule has 4 N–H and O–H groups in total. The van der Waals surface area contributed by atoms with Crippen molar-refractivity contribution in [2.24, 2.45) is 11.5 Å². The van der Waals surface area contributed by atoms with Crippen molar-refractivity contribution in [1.29, 1.82) is 0 Å². The minimum absolute atomic E-state index is 0.185. The third kappa shape index (κ3) is 3.35. The van der Waals surface area contributed by atoms with Gasteiger partial charge in [0.25, 0.3) is 0 Å². The molecule has 102 valence electrons. The number of carbonyl (C=O) groups excluding carboxylic acids is 2. The number of ether oxygens (including phenoxy) is 1. The molecule has 0 aliphatic rings. The van der Waals surface area contributed by atoms with Gasteiger partial charge in [-0.15, -0.1) is 0 Å². The first-order valence-electron chi connectivity index (χ1n) is 5.97. The summed E-state index contributed by atoms with van der Waals surface area (Å²) in [5, 5.41) is 0. The van der Waals surface area contributed by atoms with Crippen molar-refractivity contribution in [3.05, 3.63) is 65.2 Å². The van der Waals surface area contributed by atoms with Crippen molar-refractivity contribution in [1.82, 2.24) is 0 Å². The molecular weight excluding hydrogens is 256 g/mol. The summed E-state index contributed by atoms with van der Waals surface area (Å²) in [6.07, 6.45) is 0. The van der Waals surface area contributed by atoms with E-state index in [9.17, 15) is 9.59 Å². The zero-order valence-electron chi connectivity index (χ0n) is 10.7. The highest BCUT2D eigenvalue weighted by Crippen LogP contribution is 2.18. The normalized spacial score (nSPS) is 10.0. The van der Waals surface area contributed by atoms with Gasteiger partial charge in [-0.05, 0) is 23.8 Å². The molecule has 20 heavy (non-hydrogen) atoms. The smallest absolute Gasteiger partial charge is 0.248 e. The molecule has 0 spiro atoms. The summed E-state index contributed by atoms with van der Waals surface area (Å²) >= 11 is 0. The fraction of sp³-hybridized carbons (Fsp3) is 0.0667. The van der Waals surface area contributed by atoms with Gasteiger partial charge in [0, 0.05) is 11.1 Å². The number of amides is 2. The quantitative estimate of drug-likeness (QED) is 0.861. The summed E-state index contributed by atoms with van der Waals surface area (Å²) in [5.41, 5.74) is 11.8. The highest BCUT2D eigenvalue weighted by atomic mass is 16.5. The fourth-order valence-corrected chi connectivity index (χ4v) is 1.71. The SMILES string of the molecule is NC(=O)c1cc(OCc2ccccc2)cc(C(N)=O)c1. The van der Waals surface area contributed by atoms with E-state index in [0.717, 1.165) is 5.56 Å². The van der Waals surface area contributed by atoms with E-state index in [2.05, 4.69) is 0 Å². The Balaban J connectivity index is 2.22. The summed E-state index contributed by atoms with van der Waals surface area (Å²) in [7, 11) is 0. The third-order valence-corrected chi connectivity index (χ3v) is 2.72. The zero-order valence-corrected chi connectivity index (χ0v) is 10.7. The molecule has 2 aromatic carbocycles. The van der Waals surface area contributed by atoms with Crippen LogP contribution in [-0.4, -0.2) is 11.8 Å². The Morgan fingerprint density at radius 2 is 1.45 bits per heavy atom. The second kappa shape index (κ2) is 5.88. The van der Waals surface area contributed by atoms with E-state index >= 15 is 0 Å². The predicted molar refractivity (Wildman–Crippen MR) is 74.3 cm³/mol. The summed E-state index contributed by atoms with van der Waals surface area (Å²) in [6, 6.07) is 13.8. The predicted octanol–water partition coefficient (Wildman–Crippen LogP) is 1.46. The van der Waals surface area contributed by atoms with Gasteiger partial charge in [0.05, 0.1) is 0 Å². The van der Waals surface area contributed by atoms with Crippen LogP contribution in [0.4, 0.5) is 0 Å². The van der Waals surface area contributed by atoms with E-state index in [1.807, 2.05) is 30.3 Å². The number of benzene rings is 2. The maximum absolute atomic E-state index is 11.2. The van der Waals surface area contributed by atoms with Crippen LogP contribution in [-0.2, 0) is 6.61 Å². The van der Waals surface area contributed by atoms with Crippen molar-refractivity contribution >= 4 is 11.8 Å². The van der Waals surface area contributed by atoms with E-state index in [-0.39, 0.29) is 11.1 Å². The van der Waals surface area contributed by atoms with Crippen LogP contribution in [0.15, 0.2) is 48.5 Å². The Hall–Kier alpha value is -2.82. The van der Waals surface area contributed by atoms with Gasteiger partial charge in [-0.3, -0.25) is 9.59 Å². The number of hydrogen-bond acceptors (Lipinski definition) is 3. The molecule has 0 saturated carbocycles. The second-order valence-electron chi connectivity index (χ2n) is 4.25. The average Bonchev–Trinajstić information content (AvgIpc) is 2.45. The Labute approximate surface area is 116 Å². The lowest BCUT2D eigenvalue weighted by Gasteiger charge is -2.09. The van der Waals surface area contributed by atoms with E-state index < -0.39 is 11.8 Å². The molecule has 0 fully saturated rings. The van der Waals surface area contributed by atoms with Gasteiger partial charge in [-0.1, -0.05) is 30.3 Å². The molecule has 0 aliphatic heterocycles. The highest BCUT2D eigenvalue weighted by Gasteiger charge is 2.09. The third-order valence-electron chi connectivity index (χ3n) is 2.72. The van der Waals surface area contributed by atoms with Gasteiger partial charge >= 0.3 is 0 Å². The van der Waals surface area contributed by atoms with Crippen molar-refractivity contribution in [2.45, 2.75) is 6.61 Å². The van der Waals surface area contributed by atoms with Crippen LogP contribution in [0.2, 0.25) is 0 Å². The number of carbonyl (C=O) groups is 2. The lowest BCUT2D eigenvalue weighted by atomic mass is 10.1. The van der Waals surface area contributed by atoms with Crippen LogP contribution in [0.25, 0.3) is 0 Å². The molecule has 0 heterocycles. The maximum Gasteiger partial charge on any atom is 0.248 e. The van der Waals surface area contributed by atoms with Crippen LogP contribution in [0, 0.1) is 0 Å². The van der Waals surface area contributed by atoms with Crippen LogP contribution in [0.1, 0.15) is 26.3 Å². The van der Waals surface area contributed by atoms with E-state index in [4.69, 9.17) is 16.2 Å². The monoisotopic (exact) mass is 270 g/mol. The molecule has 5 nitrogen and oxygen atoms in total. The van der Waals surface area contributed by atoms with Crippen molar-refractivity contribution in [3.8, 4) is 5.75 Å². The Morgan fingerprint density at radius 3 is 1.95 bits per heavy atom. The molecule has 0 saturated heterocycles. The Bertz CT molecular complexity index is 607. The molecule has 0 bridgehead atoms. The number of hydrogen-bond donors (Lipinski definition) is 2. The molecule has 2 amide bonds. The molecular formula is C15H14N2O3. The highest BCUT2D eigenvalue weighted by molar-refractivity contribution is 5.99. The maximum atomic E-state index is 11.2. The van der Waals surface area contributed by atoms with E-state index in [0.29, 0.717) is 12.4 Å². The van der Waals surface area contributed by atoms with Crippen LogP contribution < -0.4 is 16.2 Å². The van der Waals surface area contributed by atoms with Crippen LogP contribution in [0.3, 0.4) is 0 Å². The van der Waals surface area contributed by atoms with Crippen molar-refractivity contribution in [2.75, 3.05) is 0 Å². The first kappa shape index (κ1) is 13.6. The average molecular weight is 270 g/mol.